The van der Waals surface area contributed by atoms with Crippen LogP contribution in [0.5, 0.6) is 0 Å². The highest BCUT2D eigenvalue weighted by atomic mass is 16.6. The normalized spacial score (nSPS) is 27.0. The molecule has 2 rings (SSSR count). The van der Waals surface area contributed by atoms with Crippen molar-refractivity contribution in [1.82, 2.24) is 15.1 Å². The topological polar surface area (TPSA) is 119 Å². The molecule has 3 unspecified atom stereocenters. The molecule has 26 heavy (non-hydrogen) atoms. The van der Waals surface area contributed by atoms with Gasteiger partial charge in [0.05, 0.1) is 6.54 Å². The van der Waals surface area contributed by atoms with Crippen molar-refractivity contribution in [2.75, 3.05) is 19.6 Å². The molecule has 3 N–H and O–H groups in total. The summed E-state index contributed by atoms with van der Waals surface area (Å²) in [5.41, 5.74) is -0.624. The zero-order valence-electron chi connectivity index (χ0n) is 15.3. The van der Waals surface area contributed by atoms with Crippen LogP contribution in [0.2, 0.25) is 0 Å². The molecule has 2 aliphatic heterocycles. The van der Waals surface area contributed by atoms with Gasteiger partial charge in [-0.2, -0.15) is 0 Å². The van der Waals surface area contributed by atoms with E-state index < -0.39 is 29.8 Å². The molecule has 0 aromatic carbocycles. The summed E-state index contributed by atoms with van der Waals surface area (Å²) in [6.07, 6.45) is 3.28. The van der Waals surface area contributed by atoms with Gasteiger partial charge in [-0.15, -0.1) is 0 Å². The summed E-state index contributed by atoms with van der Waals surface area (Å²) in [6.45, 7) is 5.77. The Balaban J connectivity index is 2.14. The molecule has 9 nitrogen and oxygen atoms in total. The lowest BCUT2D eigenvalue weighted by Gasteiger charge is -2.45. The van der Waals surface area contributed by atoms with Crippen molar-refractivity contribution >= 4 is 18.2 Å². The lowest BCUT2D eigenvalue weighted by atomic mass is 9.98. The van der Waals surface area contributed by atoms with Gasteiger partial charge in [0.1, 0.15) is 11.6 Å². The number of alkyl carbamates (subject to hydrolysis) is 1. The van der Waals surface area contributed by atoms with Crippen LogP contribution in [0, 0.1) is 0 Å². The van der Waals surface area contributed by atoms with Crippen molar-refractivity contribution in [2.24, 2.45) is 0 Å². The summed E-state index contributed by atoms with van der Waals surface area (Å²) in [5.74, 6) is -1.07. The standard InChI is InChI=1S/C17H27N3O6/c1-17(2,3)26-15(23)18-11-6-4-5-7-12-9-19(16(24)25)10-13(14(21)22)20(12)8-11/h4-5,11-13H,6-10H2,1-3H3,(H,18,23)(H,21,22)(H,24,25). The number of piperazine rings is 1. The predicted molar refractivity (Wildman–Crippen MR) is 93.0 cm³/mol. The summed E-state index contributed by atoms with van der Waals surface area (Å²) in [5, 5.41) is 21.6. The molecule has 0 aromatic heterocycles. The van der Waals surface area contributed by atoms with Crippen molar-refractivity contribution < 1.29 is 29.3 Å². The minimum absolute atomic E-state index is 0.0932. The fourth-order valence-corrected chi connectivity index (χ4v) is 3.29. The number of hydrogen-bond acceptors (Lipinski definition) is 5. The maximum Gasteiger partial charge on any atom is 0.407 e. The number of carbonyl (C=O) groups is 3. The summed E-state index contributed by atoms with van der Waals surface area (Å²) in [7, 11) is 0. The zero-order chi connectivity index (χ0) is 19.5. The van der Waals surface area contributed by atoms with Gasteiger partial charge >= 0.3 is 18.2 Å². The number of carbonyl (C=O) groups excluding carboxylic acids is 1. The number of carboxylic acid groups (broad SMARTS) is 2. The quantitative estimate of drug-likeness (QED) is 0.629. The third-order valence-corrected chi connectivity index (χ3v) is 4.40. The van der Waals surface area contributed by atoms with Gasteiger partial charge in [-0.25, -0.2) is 9.59 Å². The minimum Gasteiger partial charge on any atom is -0.480 e. The van der Waals surface area contributed by atoms with Crippen LogP contribution in [0.15, 0.2) is 12.2 Å². The average molecular weight is 369 g/mol. The average Bonchev–Trinajstić information content (AvgIpc) is 2.47. The third kappa shape index (κ3) is 5.35. The van der Waals surface area contributed by atoms with E-state index in [-0.39, 0.29) is 25.2 Å². The van der Waals surface area contributed by atoms with E-state index >= 15 is 0 Å². The first kappa shape index (κ1) is 20.0. The number of carboxylic acids is 1. The van der Waals surface area contributed by atoms with Gasteiger partial charge in [0.15, 0.2) is 0 Å². The monoisotopic (exact) mass is 369 g/mol. The number of nitrogens with zero attached hydrogens (tertiary/aromatic N) is 2. The number of aliphatic carboxylic acids is 1. The van der Waals surface area contributed by atoms with Gasteiger partial charge in [0.2, 0.25) is 0 Å². The van der Waals surface area contributed by atoms with Crippen LogP contribution < -0.4 is 5.32 Å². The molecule has 146 valence electrons. The van der Waals surface area contributed by atoms with E-state index in [1.54, 1.807) is 25.7 Å². The number of amides is 2. The summed E-state index contributed by atoms with van der Waals surface area (Å²) >= 11 is 0. The Morgan fingerprint density at radius 1 is 1.08 bits per heavy atom. The van der Waals surface area contributed by atoms with Crippen molar-refractivity contribution in [3.63, 3.8) is 0 Å². The van der Waals surface area contributed by atoms with Crippen molar-refractivity contribution in [1.29, 1.82) is 0 Å². The summed E-state index contributed by atoms with van der Waals surface area (Å²) < 4.78 is 5.28. The Morgan fingerprint density at radius 2 is 1.73 bits per heavy atom. The van der Waals surface area contributed by atoms with Crippen LogP contribution in [0.3, 0.4) is 0 Å². The maximum absolute atomic E-state index is 12.1. The van der Waals surface area contributed by atoms with Crippen molar-refractivity contribution in [2.45, 2.75) is 57.3 Å². The Labute approximate surface area is 152 Å². The van der Waals surface area contributed by atoms with Gasteiger partial charge in [0.25, 0.3) is 0 Å². The number of hydrogen-bond donors (Lipinski definition) is 3. The first-order chi connectivity index (χ1) is 12.1. The molecule has 2 amide bonds. The molecule has 0 saturated carbocycles. The second kappa shape index (κ2) is 7.94. The molecule has 0 radical (unpaired) electrons. The molecule has 1 saturated heterocycles. The highest BCUT2D eigenvalue weighted by Crippen LogP contribution is 2.22. The van der Waals surface area contributed by atoms with E-state index in [9.17, 15) is 24.6 Å². The molecule has 0 aromatic rings. The summed E-state index contributed by atoms with van der Waals surface area (Å²) in [6, 6.07) is -1.51. The number of nitrogens with one attached hydrogen (secondary N) is 1. The predicted octanol–water partition coefficient (Wildman–Crippen LogP) is 1.35. The van der Waals surface area contributed by atoms with E-state index in [4.69, 9.17) is 4.74 Å². The van der Waals surface area contributed by atoms with Gasteiger partial charge < -0.3 is 25.2 Å². The molecule has 0 aliphatic carbocycles. The van der Waals surface area contributed by atoms with Crippen LogP contribution >= 0.6 is 0 Å². The van der Waals surface area contributed by atoms with Crippen LogP contribution in [0.25, 0.3) is 0 Å². The number of fused-ring (bicyclic) bond motifs is 1. The maximum atomic E-state index is 12.1. The van der Waals surface area contributed by atoms with Gasteiger partial charge in [-0.3, -0.25) is 9.69 Å². The fourth-order valence-electron chi connectivity index (χ4n) is 3.29. The minimum atomic E-state index is -1.12. The van der Waals surface area contributed by atoms with E-state index in [0.29, 0.717) is 19.4 Å². The van der Waals surface area contributed by atoms with Crippen molar-refractivity contribution in [3.8, 4) is 0 Å². The first-order valence-corrected chi connectivity index (χ1v) is 8.67. The second-order valence-electron chi connectivity index (χ2n) is 7.68. The molecule has 0 bridgehead atoms. The van der Waals surface area contributed by atoms with E-state index in [1.165, 1.54) is 0 Å². The second-order valence-corrected chi connectivity index (χ2v) is 7.68. The molecule has 1 fully saturated rings. The van der Waals surface area contributed by atoms with Crippen LogP contribution in [-0.4, -0.2) is 81.5 Å². The molecule has 9 heteroatoms. The molecule has 3 atom stereocenters. The Morgan fingerprint density at radius 3 is 2.31 bits per heavy atom. The molecule has 2 heterocycles. The number of ether oxygens (including phenoxy) is 1. The van der Waals surface area contributed by atoms with E-state index in [2.05, 4.69) is 5.32 Å². The Bertz CT molecular complexity index is 586. The smallest absolute Gasteiger partial charge is 0.407 e. The lowest BCUT2D eigenvalue weighted by Crippen LogP contribution is -2.64. The fraction of sp³-hybridized carbons (Fsp3) is 0.706. The van der Waals surface area contributed by atoms with Gasteiger partial charge in [-0.1, -0.05) is 12.2 Å². The third-order valence-electron chi connectivity index (χ3n) is 4.40. The van der Waals surface area contributed by atoms with E-state index in [0.717, 1.165) is 4.90 Å². The molecule has 0 spiro atoms. The molecule has 2 aliphatic rings. The van der Waals surface area contributed by atoms with E-state index in [1.807, 2.05) is 12.2 Å². The highest BCUT2D eigenvalue weighted by Gasteiger charge is 2.41. The largest absolute Gasteiger partial charge is 0.480 e. The van der Waals surface area contributed by atoms with Crippen LogP contribution in [0.4, 0.5) is 9.59 Å². The highest BCUT2D eigenvalue weighted by molar-refractivity contribution is 5.76. The Kier molecular flexibility index (Phi) is 6.12. The van der Waals surface area contributed by atoms with Gasteiger partial charge in [0, 0.05) is 25.2 Å². The molecular weight excluding hydrogens is 342 g/mol. The van der Waals surface area contributed by atoms with Crippen molar-refractivity contribution in [3.05, 3.63) is 12.2 Å². The number of rotatable bonds is 2. The SMILES string of the molecule is CC(C)(C)OC(=O)NC1CC=CCC2CN(C(=O)O)CC(C(=O)O)N2C1. The summed E-state index contributed by atoms with van der Waals surface area (Å²) in [4.78, 5) is 38.0. The Hall–Kier alpha value is -2.29. The van der Waals surface area contributed by atoms with Gasteiger partial charge in [-0.05, 0) is 33.6 Å². The lowest BCUT2D eigenvalue weighted by molar-refractivity contribution is -0.147. The zero-order valence-corrected chi connectivity index (χ0v) is 15.3. The first-order valence-electron chi connectivity index (χ1n) is 8.67. The molecular formula is C17H27N3O6. The van der Waals surface area contributed by atoms with Crippen LogP contribution in [-0.2, 0) is 9.53 Å². The van der Waals surface area contributed by atoms with Crippen LogP contribution in [0.1, 0.15) is 33.6 Å².